The van der Waals surface area contributed by atoms with Gasteiger partial charge in [0.1, 0.15) is 23.8 Å². The summed E-state index contributed by atoms with van der Waals surface area (Å²) in [4.78, 5) is 59.4. The molecule has 298 valence electrons. The number of likely N-dealkylation sites (N-methyl/N-ethyl adjacent to an activating group) is 2. The van der Waals surface area contributed by atoms with Crippen LogP contribution in [0.2, 0.25) is 0 Å². The van der Waals surface area contributed by atoms with E-state index < -0.39 is 53.9 Å². The Labute approximate surface area is 322 Å². The number of aryl methyl sites for hydroxylation is 1. The topological polar surface area (TPSA) is 164 Å². The lowest BCUT2D eigenvalue weighted by Crippen LogP contribution is -2.61. The summed E-state index contributed by atoms with van der Waals surface area (Å²) < 4.78 is 17.6. The Morgan fingerprint density at radius 1 is 1.07 bits per heavy atom. The molecule has 2 saturated carbocycles. The molecule has 3 aliphatic rings. The van der Waals surface area contributed by atoms with Crippen molar-refractivity contribution < 1.29 is 28.7 Å². The molecule has 0 spiro atoms. The van der Waals surface area contributed by atoms with Gasteiger partial charge >= 0.3 is 6.03 Å². The van der Waals surface area contributed by atoms with Crippen molar-refractivity contribution in [1.29, 1.82) is 0 Å². The van der Waals surface area contributed by atoms with E-state index in [9.17, 15) is 24.3 Å². The average molecular weight is 774 g/mol. The Hall–Kier alpha value is -3.79. The van der Waals surface area contributed by atoms with Gasteiger partial charge in [-0.15, -0.1) is 11.6 Å². The molecular formula is C38H57ClFN9O5. The van der Waals surface area contributed by atoms with Crippen molar-refractivity contribution in [2.75, 3.05) is 51.5 Å². The molecule has 3 fully saturated rings. The molecule has 1 aromatic heterocycles. The molecule has 14 nitrogen and oxygen atoms in total. The summed E-state index contributed by atoms with van der Waals surface area (Å²) >= 11 is 5.72. The van der Waals surface area contributed by atoms with Crippen molar-refractivity contribution in [3.8, 4) is 0 Å². The van der Waals surface area contributed by atoms with E-state index in [2.05, 4.69) is 31.3 Å². The minimum atomic E-state index is -1.31. The van der Waals surface area contributed by atoms with Gasteiger partial charge in [-0.05, 0) is 95.0 Å². The smallest absolute Gasteiger partial charge is 0.317 e. The molecule has 5 amide bonds. The van der Waals surface area contributed by atoms with E-state index in [0.717, 1.165) is 25.7 Å². The highest BCUT2D eigenvalue weighted by Crippen LogP contribution is 2.51. The van der Waals surface area contributed by atoms with Crippen LogP contribution >= 0.6 is 11.6 Å². The first kappa shape index (κ1) is 41.4. The van der Waals surface area contributed by atoms with Gasteiger partial charge in [0.05, 0.1) is 17.8 Å². The van der Waals surface area contributed by atoms with Crippen LogP contribution in [0.15, 0.2) is 30.5 Å². The van der Waals surface area contributed by atoms with Gasteiger partial charge in [0.25, 0.3) is 5.91 Å². The van der Waals surface area contributed by atoms with E-state index in [1.54, 1.807) is 41.8 Å². The Balaban J connectivity index is 1.35. The first-order valence-corrected chi connectivity index (χ1v) is 19.7. The zero-order valence-electron chi connectivity index (χ0n) is 32.2. The number of nitrogens with one attached hydrogen (secondary N) is 4. The Morgan fingerprint density at radius 2 is 1.76 bits per heavy atom. The third-order valence-electron chi connectivity index (χ3n) is 11.5. The van der Waals surface area contributed by atoms with Crippen molar-refractivity contribution in [2.24, 2.45) is 17.8 Å². The molecule has 6 atom stereocenters. The van der Waals surface area contributed by atoms with Crippen LogP contribution in [0.3, 0.4) is 0 Å². The third-order valence-corrected chi connectivity index (χ3v) is 11.6. The summed E-state index contributed by atoms with van der Waals surface area (Å²) in [7, 11) is 3.54. The number of carbonyl (C=O) groups is 4. The van der Waals surface area contributed by atoms with Gasteiger partial charge in [-0.3, -0.25) is 24.4 Å². The predicted octanol–water partition coefficient (Wildman–Crippen LogP) is 3.03. The fourth-order valence-electron chi connectivity index (χ4n) is 7.41. The van der Waals surface area contributed by atoms with Gasteiger partial charge in [0.2, 0.25) is 11.8 Å². The third kappa shape index (κ3) is 9.89. The van der Waals surface area contributed by atoms with Gasteiger partial charge < -0.3 is 35.8 Å². The highest BCUT2D eigenvalue weighted by Gasteiger charge is 2.48. The number of aromatic nitrogens is 2. The first-order chi connectivity index (χ1) is 25.7. The Bertz CT molecular complexity index is 1630. The van der Waals surface area contributed by atoms with Gasteiger partial charge in [-0.25, -0.2) is 9.18 Å². The zero-order chi connectivity index (χ0) is 39.3. The van der Waals surface area contributed by atoms with E-state index in [-0.39, 0.29) is 36.0 Å². The molecule has 0 radical (unpaired) electrons. The molecule has 2 aromatic rings. The second-order valence-electron chi connectivity index (χ2n) is 15.2. The van der Waals surface area contributed by atoms with E-state index >= 15 is 4.39 Å². The van der Waals surface area contributed by atoms with Crippen LogP contribution in [0.4, 0.5) is 14.9 Å². The lowest BCUT2D eigenvalue weighted by molar-refractivity contribution is -0.138. The molecule has 16 heteroatoms. The SMILES string of the molecule is CCn1nccc1C(=O)N[C@H](C(=O)Nc1ccc([C@H](C)[C@@H](NC(O)[C@H](C)N(C)C(=O)NCCCl)C(=O)N2CCN(C)[C@H](C)C2)cc1F)C(C1CC1)C1CC1. The summed E-state index contributed by atoms with van der Waals surface area (Å²) in [5.74, 6) is -1.64. The van der Waals surface area contributed by atoms with Crippen LogP contribution in [-0.2, 0) is 16.1 Å². The van der Waals surface area contributed by atoms with Gasteiger partial charge in [0.15, 0.2) is 0 Å². The number of anilines is 1. The number of hydrogen-bond donors (Lipinski definition) is 5. The van der Waals surface area contributed by atoms with Crippen molar-refractivity contribution in [2.45, 2.75) is 96.2 Å². The zero-order valence-corrected chi connectivity index (χ0v) is 33.0. The summed E-state index contributed by atoms with van der Waals surface area (Å²) in [5.41, 5.74) is 0.786. The minimum absolute atomic E-state index is 0.0406. The molecule has 5 N–H and O–H groups in total. The summed E-state index contributed by atoms with van der Waals surface area (Å²) in [6, 6.07) is 3.15. The quantitative estimate of drug-likeness (QED) is 0.121. The van der Waals surface area contributed by atoms with Crippen molar-refractivity contribution in [1.82, 2.24) is 40.4 Å². The number of halogens is 2. The number of nitrogens with zero attached hydrogens (tertiary/aromatic N) is 5. The maximum absolute atomic E-state index is 16.0. The highest BCUT2D eigenvalue weighted by molar-refractivity contribution is 6.18. The lowest BCUT2D eigenvalue weighted by atomic mass is 9.88. The van der Waals surface area contributed by atoms with Crippen molar-refractivity contribution in [3.63, 3.8) is 0 Å². The number of amides is 5. The standard InChI is InChI=1S/C38H57ClFN9O5/c1-7-49-30(14-16-42-49)35(51)45-33(31(25-8-9-25)26-10-11-26)36(52)43-29-13-12-27(20-28(29)40)23(3)32(37(53)48-19-18-46(5)22(2)21-48)44-34(50)24(4)47(6)38(54)41-17-15-39/h12-14,16,20,22-26,31-34,44,50H,7-11,15,17-19,21H2,1-6H3,(H,41,54)(H,43,52)(H,45,51)/t22-,23+,24+,32-,33+,34?/m1/s1. The molecule has 5 rings (SSSR count). The maximum Gasteiger partial charge on any atom is 0.317 e. The van der Waals surface area contributed by atoms with Crippen LogP contribution in [0.5, 0.6) is 0 Å². The average Bonchev–Trinajstić information content (AvgIpc) is 4.11. The molecule has 1 aliphatic heterocycles. The van der Waals surface area contributed by atoms with Crippen LogP contribution < -0.4 is 21.3 Å². The first-order valence-electron chi connectivity index (χ1n) is 19.2. The molecule has 1 aromatic carbocycles. The van der Waals surface area contributed by atoms with Crippen molar-refractivity contribution >= 4 is 41.0 Å². The van der Waals surface area contributed by atoms with Crippen LogP contribution in [0.25, 0.3) is 0 Å². The second kappa shape index (κ2) is 18.2. The number of hydrogen-bond acceptors (Lipinski definition) is 8. The Kier molecular flexibility index (Phi) is 14.0. The van der Waals surface area contributed by atoms with Crippen LogP contribution in [0, 0.1) is 23.6 Å². The second-order valence-corrected chi connectivity index (χ2v) is 15.6. The molecule has 2 aliphatic carbocycles. The largest absolute Gasteiger partial charge is 0.376 e. The number of aliphatic hydroxyl groups is 1. The van der Waals surface area contributed by atoms with E-state index in [0.29, 0.717) is 49.3 Å². The fraction of sp³-hybridized carbons (Fsp3) is 0.658. The van der Waals surface area contributed by atoms with Crippen LogP contribution in [-0.4, -0.2) is 130 Å². The van der Waals surface area contributed by atoms with E-state index in [1.165, 1.54) is 24.1 Å². The number of piperazine rings is 1. The number of urea groups is 1. The highest BCUT2D eigenvalue weighted by atomic mass is 35.5. The van der Waals surface area contributed by atoms with E-state index in [4.69, 9.17) is 11.6 Å². The molecule has 54 heavy (non-hydrogen) atoms. The van der Waals surface area contributed by atoms with E-state index in [1.807, 2.05) is 20.9 Å². The molecule has 1 saturated heterocycles. The summed E-state index contributed by atoms with van der Waals surface area (Å²) in [5, 5.41) is 27.0. The van der Waals surface area contributed by atoms with Gasteiger partial charge in [0, 0.05) is 63.8 Å². The van der Waals surface area contributed by atoms with Crippen molar-refractivity contribution in [3.05, 3.63) is 47.5 Å². The minimum Gasteiger partial charge on any atom is -0.376 e. The number of carbonyl (C=O) groups excluding carboxylic acids is 4. The lowest BCUT2D eigenvalue weighted by Gasteiger charge is -2.41. The summed E-state index contributed by atoms with van der Waals surface area (Å²) in [6.07, 6.45) is 4.19. The molecular weight excluding hydrogens is 717 g/mol. The summed E-state index contributed by atoms with van der Waals surface area (Å²) in [6.45, 7) is 9.73. The number of alkyl halides is 1. The normalized spacial score (nSPS) is 20.5. The Morgan fingerprint density at radius 3 is 2.35 bits per heavy atom. The van der Waals surface area contributed by atoms with Crippen LogP contribution in [0.1, 0.15) is 75.3 Å². The predicted molar refractivity (Wildman–Crippen MR) is 204 cm³/mol. The fourth-order valence-corrected chi connectivity index (χ4v) is 7.51. The monoisotopic (exact) mass is 773 g/mol. The number of rotatable bonds is 17. The number of aliphatic hydroxyl groups excluding tert-OH is 1. The van der Waals surface area contributed by atoms with Gasteiger partial charge in [-0.1, -0.05) is 13.0 Å². The maximum atomic E-state index is 16.0. The molecule has 0 bridgehead atoms. The number of benzene rings is 1. The van der Waals surface area contributed by atoms with Gasteiger partial charge in [-0.2, -0.15) is 5.10 Å². The molecule has 1 unspecified atom stereocenters. The molecule has 2 heterocycles.